The molecule has 1 fully saturated rings. The van der Waals surface area contributed by atoms with Crippen molar-refractivity contribution in [1.29, 1.82) is 0 Å². The summed E-state index contributed by atoms with van der Waals surface area (Å²) in [7, 11) is 1.63. The molecule has 0 spiro atoms. The maximum Gasteiger partial charge on any atom is 0.272 e. The van der Waals surface area contributed by atoms with Crippen molar-refractivity contribution in [3.63, 3.8) is 0 Å². The summed E-state index contributed by atoms with van der Waals surface area (Å²) in [4.78, 5) is 29.8. The van der Waals surface area contributed by atoms with Crippen molar-refractivity contribution in [2.75, 3.05) is 13.7 Å². The first-order valence-corrected chi connectivity index (χ1v) is 7.81. The molecule has 2 N–H and O–H groups in total. The van der Waals surface area contributed by atoms with Gasteiger partial charge in [0.15, 0.2) is 0 Å². The average molecular weight is 325 g/mol. The molecule has 0 aliphatic carbocycles. The van der Waals surface area contributed by atoms with E-state index in [1.165, 1.54) is 12.3 Å². The number of primary amides is 1. The number of methoxy groups -OCH3 is 1. The first kappa shape index (κ1) is 16.0. The van der Waals surface area contributed by atoms with Gasteiger partial charge >= 0.3 is 0 Å². The molecule has 1 saturated heterocycles. The minimum Gasteiger partial charge on any atom is -0.496 e. The summed E-state index contributed by atoms with van der Waals surface area (Å²) < 4.78 is 5.43. The molecule has 1 unspecified atom stereocenters. The predicted octanol–water partition coefficient (Wildman–Crippen LogP) is 2.17. The third-order valence-electron chi connectivity index (χ3n) is 4.28. The van der Waals surface area contributed by atoms with E-state index in [9.17, 15) is 9.59 Å². The number of amides is 2. The normalized spacial score (nSPS) is 16.9. The molecular formula is C18H19N3O3. The van der Waals surface area contributed by atoms with Gasteiger partial charge in [-0.05, 0) is 31.0 Å². The standard InChI is InChI=1S/C18H19N3O3/c1-24-16-7-3-2-5-13(16)15-6-4-10-21(15)18(23)14-9-8-12(11-20-14)17(19)22/h2-3,5,7-9,11,15H,4,6,10H2,1H3,(H2,19,22). The molecule has 2 aromatic rings. The zero-order chi connectivity index (χ0) is 17.1. The molecule has 1 atom stereocenters. The molecule has 1 aromatic heterocycles. The lowest BCUT2D eigenvalue weighted by molar-refractivity contribution is 0.0727. The van der Waals surface area contributed by atoms with Crippen molar-refractivity contribution in [2.24, 2.45) is 5.73 Å². The van der Waals surface area contributed by atoms with Gasteiger partial charge in [-0.15, -0.1) is 0 Å². The van der Waals surface area contributed by atoms with Gasteiger partial charge in [0.25, 0.3) is 5.91 Å². The van der Waals surface area contributed by atoms with E-state index in [2.05, 4.69) is 4.98 Å². The van der Waals surface area contributed by atoms with E-state index >= 15 is 0 Å². The lowest BCUT2D eigenvalue weighted by atomic mass is 10.0. The Morgan fingerprint density at radius 3 is 2.71 bits per heavy atom. The third-order valence-corrected chi connectivity index (χ3v) is 4.28. The number of nitrogens with two attached hydrogens (primary N) is 1. The van der Waals surface area contributed by atoms with Gasteiger partial charge in [-0.3, -0.25) is 14.6 Å². The number of carbonyl (C=O) groups is 2. The second-order valence-corrected chi connectivity index (χ2v) is 5.69. The highest BCUT2D eigenvalue weighted by Gasteiger charge is 2.32. The topological polar surface area (TPSA) is 85.5 Å². The summed E-state index contributed by atoms with van der Waals surface area (Å²) in [5, 5.41) is 0. The monoisotopic (exact) mass is 325 g/mol. The predicted molar refractivity (Wildman–Crippen MR) is 88.8 cm³/mol. The van der Waals surface area contributed by atoms with Crippen LogP contribution in [-0.4, -0.2) is 35.4 Å². The number of hydrogen-bond acceptors (Lipinski definition) is 4. The van der Waals surface area contributed by atoms with Gasteiger partial charge in [0, 0.05) is 18.3 Å². The van der Waals surface area contributed by atoms with Crippen molar-refractivity contribution in [3.05, 3.63) is 59.4 Å². The third kappa shape index (κ3) is 2.95. The second kappa shape index (κ2) is 6.70. The minimum atomic E-state index is -0.561. The molecule has 3 rings (SSSR count). The maximum absolute atomic E-state index is 12.8. The fourth-order valence-electron chi connectivity index (χ4n) is 3.09. The summed E-state index contributed by atoms with van der Waals surface area (Å²) >= 11 is 0. The van der Waals surface area contributed by atoms with Gasteiger partial charge in [0.2, 0.25) is 5.91 Å². The van der Waals surface area contributed by atoms with Crippen molar-refractivity contribution in [1.82, 2.24) is 9.88 Å². The van der Waals surface area contributed by atoms with Gasteiger partial charge in [-0.2, -0.15) is 0 Å². The Bertz CT molecular complexity index is 758. The van der Waals surface area contributed by atoms with Crippen molar-refractivity contribution < 1.29 is 14.3 Å². The first-order chi connectivity index (χ1) is 11.6. The fourth-order valence-corrected chi connectivity index (χ4v) is 3.09. The Hall–Kier alpha value is -2.89. The fraction of sp³-hybridized carbons (Fsp3) is 0.278. The number of para-hydroxylation sites is 1. The quantitative estimate of drug-likeness (QED) is 0.933. The van der Waals surface area contributed by atoms with Crippen LogP contribution in [0.5, 0.6) is 5.75 Å². The number of likely N-dealkylation sites (tertiary alicyclic amines) is 1. The van der Waals surface area contributed by atoms with Crippen LogP contribution in [-0.2, 0) is 0 Å². The molecule has 1 aromatic carbocycles. The summed E-state index contributed by atoms with van der Waals surface area (Å²) in [6.07, 6.45) is 3.14. The maximum atomic E-state index is 12.8. The van der Waals surface area contributed by atoms with Gasteiger partial charge < -0.3 is 15.4 Å². The van der Waals surface area contributed by atoms with Gasteiger partial charge in [0.1, 0.15) is 11.4 Å². The molecular weight excluding hydrogens is 306 g/mol. The van der Waals surface area contributed by atoms with E-state index in [-0.39, 0.29) is 17.5 Å². The van der Waals surface area contributed by atoms with Crippen LogP contribution in [0.25, 0.3) is 0 Å². The van der Waals surface area contributed by atoms with Crippen LogP contribution in [0.15, 0.2) is 42.6 Å². The summed E-state index contributed by atoms with van der Waals surface area (Å²) in [5.41, 5.74) is 6.80. The highest BCUT2D eigenvalue weighted by Crippen LogP contribution is 2.37. The van der Waals surface area contributed by atoms with Crippen molar-refractivity contribution in [2.45, 2.75) is 18.9 Å². The van der Waals surface area contributed by atoms with Gasteiger partial charge in [-0.1, -0.05) is 18.2 Å². The molecule has 0 radical (unpaired) electrons. The molecule has 1 aliphatic heterocycles. The Morgan fingerprint density at radius 2 is 2.04 bits per heavy atom. The molecule has 6 nitrogen and oxygen atoms in total. The molecule has 6 heteroatoms. The van der Waals surface area contributed by atoms with E-state index in [0.29, 0.717) is 12.2 Å². The Balaban J connectivity index is 1.87. The smallest absolute Gasteiger partial charge is 0.272 e. The molecule has 2 heterocycles. The van der Waals surface area contributed by atoms with Crippen LogP contribution < -0.4 is 10.5 Å². The zero-order valence-corrected chi connectivity index (χ0v) is 13.4. The number of ether oxygens (including phenoxy) is 1. The Morgan fingerprint density at radius 1 is 1.25 bits per heavy atom. The Labute approximate surface area is 140 Å². The van der Waals surface area contributed by atoms with Crippen LogP contribution in [0.4, 0.5) is 0 Å². The van der Waals surface area contributed by atoms with E-state index in [1.54, 1.807) is 13.2 Å². The molecule has 2 amide bonds. The van der Waals surface area contributed by atoms with Crippen LogP contribution >= 0.6 is 0 Å². The number of rotatable bonds is 4. The summed E-state index contributed by atoms with van der Waals surface area (Å²) in [5.74, 6) is 0.0632. The van der Waals surface area contributed by atoms with Crippen LogP contribution in [0.3, 0.4) is 0 Å². The lowest BCUT2D eigenvalue weighted by Crippen LogP contribution is -2.31. The number of carbonyl (C=O) groups excluding carboxylic acids is 2. The summed E-state index contributed by atoms with van der Waals surface area (Å²) in [6.45, 7) is 0.667. The van der Waals surface area contributed by atoms with E-state index < -0.39 is 5.91 Å². The first-order valence-electron chi connectivity index (χ1n) is 7.81. The molecule has 0 bridgehead atoms. The number of benzene rings is 1. The van der Waals surface area contributed by atoms with E-state index in [4.69, 9.17) is 10.5 Å². The van der Waals surface area contributed by atoms with E-state index in [0.717, 1.165) is 24.2 Å². The van der Waals surface area contributed by atoms with Crippen LogP contribution in [0.2, 0.25) is 0 Å². The molecule has 124 valence electrons. The van der Waals surface area contributed by atoms with Crippen LogP contribution in [0.1, 0.15) is 45.3 Å². The van der Waals surface area contributed by atoms with Crippen molar-refractivity contribution in [3.8, 4) is 5.75 Å². The Kier molecular flexibility index (Phi) is 4.46. The number of aromatic nitrogens is 1. The van der Waals surface area contributed by atoms with Gasteiger partial charge in [-0.25, -0.2) is 0 Å². The minimum absolute atomic E-state index is 0.0359. The lowest BCUT2D eigenvalue weighted by Gasteiger charge is -2.26. The highest BCUT2D eigenvalue weighted by atomic mass is 16.5. The number of hydrogen-bond donors (Lipinski definition) is 1. The molecule has 1 aliphatic rings. The average Bonchev–Trinajstić information content (AvgIpc) is 3.10. The highest BCUT2D eigenvalue weighted by molar-refractivity contribution is 5.95. The number of nitrogens with zero attached hydrogens (tertiary/aromatic N) is 2. The SMILES string of the molecule is COc1ccccc1C1CCCN1C(=O)c1ccc(C(N)=O)cn1. The number of pyridine rings is 1. The molecule has 0 saturated carbocycles. The van der Waals surface area contributed by atoms with Gasteiger partial charge in [0.05, 0.1) is 18.7 Å². The van der Waals surface area contributed by atoms with Crippen LogP contribution in [0, 0.1) is 0 Å². The van der Waals surface area contributed by atoms with E-state index in [1.807, 2.05) is 29.2 Å². The zero-order valence-electron chi connectivity index (χ0n) is 13.4. The van der Waals surface area contributed by atoms with Crippen molar-refractivity contribution >= 4 is 11.8 Å². The summed E-state index contributed by atoms with van der Waals surface area (Å²) in [6, 6.07) is 10.8. The largest absolute Gasteiger partial charge is 0.496 e. The second-order valence-electron chi connectivity index (χ2n) is 5.69. The molecule has 24 heavy (non-hydrogen) atoms.